The molecule has 106 valence electrons. The second-order valence-electron chi connectivity index (χ2n) is 4.61. The fraction of sp³-hybridized carbons (Fsp3) is 0.467. The Labute approximate surface area is 114 Å². The molecule has 2 N–H and O–H groups in total. The van der Waals surface area contributed by atoms with Crippen LogP contribution in [0.5, 0.6) is 5.75 Å². The molecule has 1 rings (SSSR count). The van der Waals surface area contributed by atoms with E-state index >= 15 is 0 Å². The number of aliphatic hydroxyl groups excluding tert-OH is 2. The minimum absolute atomic E-state index is 0.319. The van der Waals surface area contributed by atoms with Gasteiger partial charge in [-0.3, -0.25) is 0 Å². The maximum absolute atomic E-state index is 9.69. The summed E-state index contributed by atoms with van der Waals surface area (Å²) < 4.78 is 10.7. The molecule has 1 aromatic carbocycles. The molecule has 0 amide bonds. The number of methoxy groups -OCH3 is 1. The van der Waals surface area contributed by atoms with Gasteiger partial charge in [0, 0.05) is 0 Å². The van der Waals surface area contributed by atoms with Crippen LogP contribution < -0.4 is 4.74 Å². The Bertz CT molecular complexity index is 386. The molecule has 0 heterocycles. The van der Waals surface area contributed by atoms with Crippen molar-refractivity contribution in [2.24, 2.45) is 0 Å². The first kappa shape index (κ1) is 15.7. The van der Waals surface area contributed by atoms with E-state index < -0.39 is 12.2 Å². The minimum atomic E-state index is -0.894. The van der Waals surface area contributed by atoms with Crippen LogP contribution in [0, 0.1) is 0 Å². The molecule has 0 aromatic heterocycles. The van der Waals surface area contributed by atoms with Gasteiger partial charge in [-0.05, 0) is 31.0 Å². The highest BCUT2D eigenvalue weighted by molar-refractivity contribution is 5.26. The molecule has 19 heavy (non-hydrogen) atoms. The lowest BCUT2D eigenvalue weighted by Crippen LogP contribution is -2.32. The smallest absolute Gasteiger partial charge is 0.118 e. The van der Waals surface area contributed by atoms with Crippen molar-refractivity contribution in [1.29, 1.82) is 0 Å². The molecule has 0 spiro atoms. The van der Waals surface area contributed by atoms with Gasteiger partial charge in [-0.2, -0.15) is 0 Å². The molecule has 4 nitrogen and oxygen atoms in total. The predicted molar refractivity (Wildman–Crippen MR) is 74.1 cm³/mol. The van der Waals surface area contributed by atoms with E-state index in [9.17, 15) is 5.11 Å². The Morgan fingerprint density at radius 3 is 2.42 bits per heavy atom. The first-order valence-electron chi connectivity index (χ1n) is 6.24. The molecule has 4 heteroatoms. The summed E-state index contributed by atoms with van der Waals surface area (Å²) in [5.41, 5.74) is 1.89. The average Bonchev–Trinajstić information content (AvgIpc) is 2.42. The average molecular weight is 266 g/mol. The maximum Gasteiger partial charge on any atom is 0.118 e. The van der Waals surface area contributed by atoms with Crippen molar-refractivity contribution in [3.8, 4) is 5.75 Å². The molecule has 0 radical (unpaired) electrons. The Balaban J connectivity index is 2.56. The summed E-state index contributed by atoms with van der Waals surface area (Å²) in [6.07, 6.45) is -0.808. The van der Waals surface area contributed by atoms with Crippen molar-refractivity contribution < 1.29 is 19.7 Å². The Kier molecular flexibility index (Phi) is 6.56. The largest absolute Gasteiger partial charge is 0.497 e. The monoisotopic (exact) mass is 266 g/mol. The second-order valence-corrected chi connectivity index (χ2v) is 4.61. The van der Waals surface area contributed by atoms with E-state index in [4.69, 9.17) is 14.6 Å². The van der Waals surface area contributed by atoms with Crippen LogP contribution in [0.3, 0.4) is 0 Å². The molecule has 1 aromatic rings. The zero-order valence-corrected chi connectivity index (χ0v) is 11.5. The topological polar surface area (TPSA) is 58.9 Å². The molecule has 0 bridgehead atoms. The zero-order valence-electron chi connectivity index (χ0n) is 11.5. The molecule has 0 fully saturated rings. The molecular formula is C15H22O4. The lowest BCUT2D eigenvalue weighted by Gasteiger charge is -2.22. The van der Waals surface area contributed by atoms with Crippen molar-refractivity contribution in [3.05, 3.63) is 42.0 Å². The number of ether oxygens (including phenoxy) is 2. The third-order valence-electron chi connectivity index (χ3n) is 2.79. The number of hydrogen-bond donors (Lipinski definition) is 2. The fourth-order valence-electron chi connectivity index (χ4n) is 1.69. The third-order valence-corrected chi connectivity index (χ3v) is 2.79. The molecule has 2 atom stereocenters. The van der Waals surface area contributed by atoms with E-state index in [1.165, 1.54) is 0 Å². The molecule has 0 saturated heterocycles. The van der Waals surface area contributed by atoms with Crippen LogP contribution in [0.4, 0.5) is 0 Å². The van der Waals surface area contributed by atoms with Crippen molar-refractivity contribution in [1.82, 2.24) is 0 Å². The minimum Gasteiger partial charge on any atom is -0.497 e. The third kappa shape index (κ3) is 5.42. The van der Waals surface area contributed by atoms with Crippen LogP contribution in [0.1, 0.15) is 18.9 Å². The number of aliphatic hydroxyl groups is 2. The molecule has 0 aliphatic rings. The van der Waals surface area contributed by atoms with Gasteiger partial charge in [-0.15, -0.1) is 6.58 Å². The number of hydrogen-bond acceptors (Lipinski definition) is 4. The van der Waals surface area contributed by atoms with Crippen LogP contribution in [-0.4, -0.2) is 36.1 Å². The summed E-state index contributed by atoms with van der Waals surface area (Å²) in [5.74, 6) is 0.789. The summed E-state index contributed by atoms with van der Waals surface area (Å²) >= 11 is 0. The van der Waals surface area contributed by atoms with E-state index in [1.807, 2.05) is 31.2 Å². The predicted octanol–water partition coefficient (Wildman–Crippen LogP) is 1.90. The summed E-state index contributed by atoms with van der Waals surface area (Å²) in [6.45, 7) is 5.72. The van der Waals surface area contributed by atoms with Gasteiger partial charge < -0.3 is 19.7 Å². The number of benzene rings is 1. The summed E-state index contributed by atoms with van der Waals surface area (Å²) in [5, 5.41) is 18.7. The summed E-state index contributed by atoms with van der Waals surface area (Å²) in [6, 6.07) is 7.52. The van der Waals surface area contributed by atoms with E-state index in [1.54, 1.807) is 7.11 Å². The van der Waals surface area contributed by atoms with E-state index in [2.05, 4.69) is 6.58 Å². The molecule has 0 aliphatic carbocycles. The van der Waals surface area contributed by atoms with Crippen LogP contribution >= 0.6 is 0 Å². The van der Waals surface area contributed by atoms with Crippen molar-refractivity contribution in [2.45, 2.75) is 32.2 Å². The fourth-order valence-corrected chi connectivity index (χ4v) is 1.69. The van der Waals surface area contributed by atoms with Crippen molar-refractivity contribution in [2.75, 3.05) is 13.7 Å². The van der Waals surface area contributed by atoms with Gasteiger partial charge >= 0.3 is 0 Å². The maximum atomic E-state index is 9.69. The van der Waals surface area contributed by atoms with Gasteiger partial charge in [-0.25, -0.2) is 0 Å². The van der Waals surface area contributed by atoms with Gasteiger partial charge in [0.25, 0.3) is 0 Å². The zero-order chi connectivity index (χ0) is 14.3. The van der Waals surface area contributed by atoms with Crippen LogP contribution in [0.15, 0.2) is 36.4 Å². The highest BCUT2D eigenvalue weighted by Gasteiger charge is 2.19. The Morgan fingerprint density at radius 2 is 1.95 bits per heavy atom. The van der Waals surface area contributed by atoms with Gasteiger partial charge in [0.05, 0.1) is 26.4 Å². The SMILES string of the molecule is C=C(C)CC(OCc1ccc(OC)cc1)[C@H](O)CO. The Hall–Kier alpha value is -1.36. The summed E-state index contributed by atoms with van der Waals surface area (Å²) in [7, 11) is 1.62. The van der Waals surface area contributed by atoms with Crippen molar-refractivity contribution in [3.63, 3.8) is 0 Å². The first-order valence-corrected chi connectivity index (χ1v) is 6.24. The molecule has 0 aliphatic heterocycles. The summed E-state index contributed by atoms with van der Waals surface area (Å²) in [4.78, 5) is 0. The van der Waals surface area contributed by atoms with Gasteiger partial charge in [0.2, 0.25) is 0 Å². The first-order chi connectivity index (χ1) is 9.06. The molecule has 0 saturated carbocycles. The standard InChI is InChI=1S/C15H22O4/c1-11(2)8-15(14(17)9-16)19-10-12-4-6-13(18-3)7-5-12/h4-7,14-17H,1,8-10H2,2-3H3/t14-,15?/m1/s1. The van der Waals surface area contributed by atoms with E-state index in [0.717, 1.165) is 16.9 Å². The van der Waals surface area contributed by atoms with Gasteiger partial charge in [0.15, 0.2) is 0 Å². The second kappa shape index (κ2) is 7.94. The van der Waals surface area contributed by atoms with E-state index in [0.29, 0.717) is 13.0 Å². The van der Waals surface area contributed by atoms with Crippen LogP contribution in [0.2, 0.25) is 0 Å². The molecule has 1 unspecified atom stereocenters. The lowest BCUT2D eigenvalue weighted by atomic mass is 10.1. The highest BCUT2D eigenvalue weighted by Crippen LogP contribution is 2.16. The number of rotatable bonds is 8. The van der Waals surface area contributed by atoms with Gasteiger partial charge in [0.1, 0.15) is 11.9 Å². The van der Waals surface area contributed by atoms with Crippen LogP contribution in [0.25, 0.3) is 0 Å². The van der Waals surface area contributed by atoms with E-state index in [-0.39, 0.29) is 6.61 Å². The van der Waals surface area contributed by atoms with Crippen molar-refractivity contribution >= 4 is 0 Å². The van der Waals surface area contributed by atoms with Crippen LogP contribution in [-0.2, 0) is 11.3 Å². The normalized spacial score (nSPS) is 13.9. The van der Waals surface area contributed by atoms with Gasteiger partial charge in [-0.1, -0.05) is 17.7 Å². The highest BCUT2D eigenvalue weighted by atomic mass is 16.5. The Morgan fingerprint density at radius 1 is 1.32 bits per heavy atom. The quantitative estimate of drug-likeness (QED) is 0.706. The molecular weight excluding hydrogens is 244 g/mol. The lowest BCUT2D eigenvalue weighted by molar-refractivity contribution is -0.0640.